The van der Waals surface area contributed by atoms with Gasteiger partial charge < -0.3 is 14.6 Å². The molecule has 3 aromatic rings. The maximum Gasteiger partial charge on any atom is 0.336 e. The predicted molar refractivity (Wildman–Crippen MR) is 109 cm³/mol. The molecule has 0 amide bonds. The Balaban J connectivity index is 1.54. The molecule has 1 aliphatic heterocycles. The van der Waals surface area contributed by atoms with Gasteiger partial charge in [-0.25, -0.2) is 4.79 Å². The van der Waals surface area contributed by atoms with Crippen molar-refractivity contribution in [3.63, 3.8) is 0 Å². The summed E-state index contributed by atoms with van der Waals surface area (Å²) in [6, 6.07) is 10.8. The molecular formula is C22H28N2O2S+2. The van der Waals surface area contributed by atoms with Crippen molar-refractivity contribution in [3.05, 3.63) is 67.7 Å². The first-order valence-electron chi connectivity index (χ1n) is 9.86. The van der Waals surface area contributed by atoms with Crippen molar-refractivity contribution in [2.75, 3.05) is 19.6 Å². The van der Waals surface area contributed by atoms with Crippen molar-refractivity contribution in [3.8, 4) is 0 Å². The van der Waals surface area contributed by atoms with Crippen LogP contribution in [0.25, 0.3) is 11.0 Å². The second-order valence-corrected chi connectivity index (χ2v) is 8.62. The molecule has 142 valence electrons. The van der Waals surface area contributed by atoms with E-state index in [0.717, 1.165) is 40.7 Å². The summed E-state index contributed by atoms with van der Waals surface area (Å²) in [4.78, 5) is 15.3. The molecular weight excluding hydrogens is 356 g/mol. The number of likely N-dealkylation sites (tertiary alicyclic amines) is 1. The molecule has 0 bridgehead atoms. The SMILES string of the molecule is Cc1ccc2c(C[NH2+]C[C@@H](c3cccs3)[NH+]3CCCC3)cc(=O)oc2c1C. The third kappa shape index (κ3) is 3.86. The molecule has 1 fully saturated rings. The van der Waals surface area contributed by atoms with Crippen LogP contribution in [0.1, 0.15) is 40.5 Å². The average molecular weight is 385 g/mol. The van der Waals surface area contributed by atoms with Crippen molar-refractivity contribution >= 4 is 22.3 Å². The van der Waals surface area contributed by atoms with Gasteiger partial charge in [-0.05, 0) is 36.4 Å². The molecule has 1 aromatic carbocycles. The van der Waals surface area contributed by atoms with Crippen LogP contribution in [0.3, 0.4) is 0 Å². The highest BCUT2D eigenvalue weighted by atomic mass is 32.1. The lowest BCUT2D eigenvalue weighted by Gasteiger charge is -2.22. The number of aryl methyl sites for hydroxylation is 2. The third-order valence-electron chi connectivity index (χ3n) is 5.91. The lowest BCUT2D eigenvalue weighted by atomic mass is 10.0. The molecule has 0 spiro atoms. The molecule has 4 rings (SSSR count). The van der Waals surface area contributed by atoms with E-state index >= 15 is 0 Å². The standard InChI is InChI=1S/C22H26N2O2S/c1-15-7-8-18-17(12-21(25)26-22(18)16(15)2)13-23-14-19(20-6-5-11-27-20)24-9-3-4-10-24/h5-8,11-12,19,23H,3-4,9-10,13-14H2,1-2H3/p+2/t19-/m0/s1. The fourth-order valence-electron chi connectivity index (χ4n) is 4.25. The van der Waals surface area contributed by atoms with E-state index in [1.807, 2.05) is 18.3 Å². The van der Waals surface area contributed by atoms with E-state index in [2.05, 4.69) is 41.9 Å². The van der Waals surface area contributed by atoms with Crippen molar-refractivity contribution in [2.24, 2.45) is 0 Å². The molecule has 2 aromatic heterocycles. The minimum atomic E-state index is -0.250. The molecule has 0 radical (unpaired) electrons. The fourth-order valence-corrected chi connectivity index (χ4v) is 5.15. The number of benzene rings is 1. The lowest BCUT2D eigenvalue weighted by Crippen LogP contribution is -3.13. The van der Waals surface area contributed by atoms with Gasteiger partial charge in [0, 0.05) is 29.9 Å². The first-order chi connectivity index (χ1) is 13.1. The molecule has 0 aliphatic carbocycles. The van der Waals surface area contributed by atoms with E-state index in [0.29, 0.717) is 6.04 Å². The molecule has 3 heterocycles. The predicted octanol–water partition coefficient (Wildman–Crippen LogP) is 1.95. The molecule has 27 heavy (non-hydrogen) atoms. The van der Waals surface area contributed by atoms with E-state index < -0.39 is 0 Å². The summed E-state index contributed by atoms with van der Waals surface area (Å²) >= 11 is 1.87. The van der Waals surface area contributed by atoms with Gasteiger partial charge in [0.15, 0.2) is 6.04 Å². The van der Waals surface area contributed by atoms with Crippen LogP contribution < -0.4 is 15.8 Å². The largest absolute Gasteiger partial charge is 0.422 e. The quantitative estimate of drug-likeness (QED) is 0.639. The summed E-state index contributed by atoms with van der Waals surface area (Å²) in [5.41, 5.74) is 3.78. The summed E-state index contributed by atoms with van der Waals surface area (Å²) in [7, 11) is 0. The highest BCUT2D eigenvalue weighted by Gasteiger charge is 2.29. The van der Waals surface area contributed by atoms with Gasteiger partial charge in [0.1, 0.15) is 18.7 Å². The number of hydrogen-bond donors (Lipinski definition) is 2. The normalized spacial score (nSPS) is 16.2. The first kappa shape index (κ1) is 18.4. The van der Waals surface area contributed by atoms with Gasteiger partial charge >= 0.3 is 5.63 Å². The van der Waals surface area contributed by atoms with Crippen LogP contribution >= 0.6 is 11.3 Å². The monoisotopic (exact) mass is 384 g/mol. The molecule has 1 aliphatic rings. The van der Waals surface area contributed by atoms with Gasteiger partial charge in [-0.1, -0.05) is 18.2 Å². The molecule has 1 atom stereocenters. The van der Waals surface area contributed by atoms with E-state index in [1.165, 1.54) is 30.8 Å². The smallest absolute Gasteiger partial charge is 0.336 e. The van der Waals surface area contributed by atoms with Gasteiger partial charge in [0.05, 0.1) is 18.0 Å². The van der Waals surface area contributed by atoms with Crippen LogP contribution in [0.2, 0.25) is 0 Å². The van der Waals surface area contributed by atoms with Gasteiger partial charge in [0.2, 0.25) is 0 Å². The van der Waals surface area contributed by atoms with E-state index in [1.54, 1.807) is 11.0 Å². The van der Waals surface area contributed by atoms with Crippen LogP contribution in [0.5, 0.6) is 0 Å². The number of thiophene rings is 1. The zero-order valence-corrected chi connectivity index (χ0v) is 16.9. The Morgan fingerprint density at radius 3 is 2.78 bits per heavy atom. The van der Waals surface area contributed by atoms with Crippen molar-refractivity contribution in [2.45, 2.75) is 39.3 Å². The molecule has 5 heteroatoms. The Bertz CT molecular complexity index is 972. The van der Waals surface area contributed by atoms with Gasteiger partial charge in [-0.3, -0.25) is 0 Å². The number of fused-ring (bicyclic) bond motifs is 1. The summed E-state index contributed by atoms with van der Waals surface area (Å²) < 4.78 is 5.51. The Morgan fingerprint density at radius 1 is 1.22 bits per heavy atom. The highest BCUT2D eigenvalue weighted by Crippen LogP contribution is 2.23. The summed E-state index contributed by atoms with van der Waals surface area (Å²) in [6.07, 6.45) is 2.67. The summed E-state index contributed by atoms with van der Waals surface area (Å²) in [5.74, 6) is 0. The summed E-state index contributed by atoms with van der Waals surface area (Å²) in [5, 5.41) is 5.60. The minimum absolute atomic E-state index is 0.250. The Kier molecular flexibility index (Phi) is 5.43. The molecule has 0 unspecified atom stereocenters. The van der Waals surface area contributed by atoms with Gasteiger partial charge in [0.25, 0.3) is 0 Å². The first-order valence-corrected chi connectivity index (χ1v) is 10.7. The number of rotatable bonds is 6. The van der Waals surface area contributed by atoms with Crippen LogP contribution in [-0.4, -0.2) is 19.6 Å². The average Bonchev–Trinajstić information content (AvgIpc) is 3.36. The second-order valence-electron chi connectivity index (χ2n) is 7.64. The second kappa shape index (κ2) is 7.97. The summed E-state index contributed by atoms with van der Waals surface area (Å²) in [6.45, 7) is 8.47. The van der Waals surface area contributed by atoms with E-state index in [-0.39, 0.29) is 5.63 Å². The van der Waals surface area contributed by atoms with Crippen LogP contribution in [0, 0.1) is 13.8 Å². The number of nitrogens with one attached hydrogen (secondary N) is 1. The zero-order valence-electron chi connectivity index (χ0n) is 16.1. The molecule has 1 saturated heterocycles. The Labute approximate surface area is 163 Å². The topological polar surface area (TPSA) is 51.3 Å². The Morgan fingerprint density at radius 2 is 2.04 bits per heavy atom. The molecule has 4 nitrogen and oxygen atoms in total. The number of nitrogens with two attached hydrogens (primary N) is 1. The van der Waals surface area contributed by atoms with Crippen molar-refractivity contribution in [1.29, 1.82) is 0 Å². The van der Waals surface area contributed by atoms with Crippen LogP contribution in [0.4, 0.5) is 0 Å². The fraction of sp³-hybridized carbons (Fsp3) is 0.409. The van der Waals surface area contributed by atoms with Crippen LogP contribution in [-0.2, 0) is 6.54 Å². The van der Waals surface area contributed by atoms with E-state index in [4.69, 9.17) is 4.42 Å². The van der Waals surface area contributed by atoms with Crippen molar-refractivity contribution < 1.29 is 14.6 Å². The van der Waals surface area contributed by atoms with Gasteiger partial charge in [-0.2, -0.15) is 0 Å². The molecule has 0 saturated carbocycles. The maximum atomic E-state index is 12.1. The highest BCUT2D eigenvalue weighted by molar-refractivity contribution is 7.10. The van der Waals surface area contributed by atoms with Crippen LogP contribution in [0.15, 0.2) is 44.9 Å². The third-order valence-corrected chi connectivity index (χ3v) is 6.90. The van der Waals surface area contributed by atoms with E-state index in [9.17, 15) is 4.79 Å². The maximum absolute atomic E-state index is 12.1. The lowest BCUT2D eigenvalue weighted by molar-refractivity contribution is -0.934. The minimum Gasteiger partial charge on any atom is -0.422 e. The van der Waals surface area contributed by atoms with Crippen molar-refractivity contribution in [1.82, 2.24) is 0 Å². The molecule has 3 N–H and O–H groups in total. The zero-order chi connectivity index (χ0) is 18.8. The van der Waals surface area contributed by atoms with Gasteiger partial charge in [-0.15, -0.1) is 11.3 Å². The number of quaternary nitrogens is 2. The number of hydrogen-bond acceptors (Lipinski definition) is 3. The Hall–Kier alpha value is -1.95.